The Morgan fingerprint density at radius 1 is 1.21 bits per heavy atom. The van der Waals surface area contributed by atoms with E-state index < -0.39 is 0 Å². The van der Waals surface area contributed by atoms with Crippen LogP contribution >= 0.6 is 27.5 Å². The molecule has 0 fully saturated rings. The Bertz CT molecular complexity index is 549. The van der Waals surface area contributed by atoms with E-state index in [9.17, 15) is 0 Å². The van der Waals surface area contributed by atoms with Crippen molar-refractivity contribution < 1.29 is 9.47 Å². The number of hydrogen-bond acceptors (Lipinski definition) is 4. The summed E-state index contributed by atoms with van der Waals surface area (Å²) in [6.07, 6.45) is 2.52. The topological polar surface area (TPSA) is 44.2 Å². The zero-order valence-corrected chi connectivity index (χ0v) is 12.6. The first-order chi connectivity index (χ1) is 9.19. The smallest absolute Gasteiger partial charge is 0.237 e. The molecule has 4 nitrogen and oxygen atoms in total. The molecular formula is C13H12BrClN2O2. The third-order valence-electron chi connectivity index (χ3n) is 2.19. The van der Waals surface area contributed by atoms with Gasteiger partial charge in [-0.1, -0.05) is 6.92 Å². The molecule has 0 N–H and O–H groups in total. The molecule has 0 aliphatic rings. The molecular weight excluding hydrogens is 332 g/mol. The maximum atomic E-state index is 5.72. The molecule has 0 bridgehead atoms. The highest BCUT2D eigenvalue weighted by atomic mass is 79.9. The lowest BCUT2D eigenvalue weighted by atomic mass is 10.3. The third kappa shape index (κ3) is 4.08. The van der Waals surface area contributed by atoms with Gasteiger partial charge in [-0.2, -0.15) is 4.98 Å². The van der Waals surface area contributed by atoms with Gasteiger partial charge in [0.25, 0.3) is 0 Å². The average molecular weight is 344 g/mol. The Kier molecular flexibility index (Phi) is 4.99. The normalized spacial score (nSPS) is 10.3. The van der Waals surface area contributed by atoms with Crippen LogP contribution in [0.15, 0.2) is 34.9 Å². The summed E-state index contributed by atoms with van der Waals surface area (Å²) < 4.78 is 11.7. The highest BCUT2D eigenvalue weighted by molar-refractivity contribution is 9.10. The summed E-state index contributed by atoms with van der Waals surface area (Å²) in [6.45, 7) is 2.77. The van der Waals surface area contributed by atoms with Crippen molar-refractivity contribution in [3.63, 3.8) is 0 Å². The van der Waals surface area contributed by atoms with E-state index in [0.29, 0.717) is 22.7 Å². The quantitative estimate of drug-likeness (QED) is 0.751. The Hall–Kier alpha value is -1.33. The fraction of sp³-hybridized carbons (Fsp3) is 0.231. The van der Waals surface area contributed by atoms with E-state index in [4.69, 9.17) is 21.1 Å². The fourth-order valence-electron chi connectivity index (χ4n) is 1.34. The predicted molar refractivity (Wildman–Crippen MR) is 77.0 cm³/mol. The lowest BCUT2D eigenvalue weighted by molar-refractivity contribution is 0.317. The molecule has 0 unspecified atom stereocenters. The van der Waals surface area contributed by atoms with Crippen LogP contribution in [-0.2, 0) is 0 Å². The zero-order valence-electron chi connectivity index (χ0n) is 10.3. The number of hydrogen-bond donors (Lipinski definition) is 0. The molecule has 0 spiro atoms. The van der Waals surface area contributed by atoms with Crippen LogP contribution < -0.4 is 9.47 Å². The molecule has 0 radical (unpaired) electrons. The van der Waals surface area contributed by atoms with E-state index in [2.05, 4.69) is 32.8 Å². The van der Waals surface area contributed by atoms with Gasteiger partial charge in [-0.15, -0.1) is 0 Å². The fourth-order valence-corrected chi connectivity index (χ4v) is 1.74. The van der Waals surface area contributed by atoms with Gasteiger partial charge < -0.3 is 9.47 Å². The minimum absolute atomic E-state index is 0.140. The van der Waals surface area contributed by atoms with Crippen LogP contribution in [0.3, 0.4) is 0 Å². The zero-order chi connectivity index (χ0) is 13.7. The monoisotopic (exact) mass is 342 g/mol. The Labute approximate surface area is 124 Å². The van der Waals surface area contributed by atoms with Gasteiger partial charge in [-0.3, -0.25) is 0 Å². The minimum Gasteiger partial charge on any atom is -0.494 e. The minimum atomic E-state index is 0.140. The molecule has 6 heteroatoms. The lowest BCUT2D eigenvalue weighted by Crippen LogP contribution is -1.95. The molecule has 0 saturated heterocycles. The third-order valence-corrected chi connectivity index (χ3v) is 2.92. The van der Waals surface area contributed by atoms with E-state index in [0.717, 1.165) is 12.2 Å². The molecule has 1 aromatic carbocycles. The highest BCUT2D eigenvalue weighted by Gasteiger charge is 2.06. The van der Waals surface area contributed by atoms with Gasteiger partial charge in [0.2, 0.25) is 11.2 Å². The van der Waals surface area contributed by atoms with Crippen LogP contribution in [0, 0.1) is 0 Å². The first-order valence-corrected chi connectivity index (χ1v) is 6.95. The van der Waals surface area contributed by atoms with Gasteiger partial charge in [0, 0.05) is 6.20 Å². The number of ether oxygens (including phenoxy) is 2. The molecule has 2 aromatic rings. The van der Waals surface area contributed by atoms with Crippen molar-refractivity contribution in [2.24, 2.45) is 0 Å². The van der Waals surface area contributed by atoms with Gasteiger partial charge in [0.05, 0.1) is 11.1 Å². The summed E-state index contributed by atoms with van der Waals surface area (Å²) in [4.78, 5) is 7.83. The summed E-state index contributed by atoms with van der Waals surface area (Å²) in [5.41, 5.74) is 0. The Morgan fingerprint density at radius 3 is 2.58 bits per heavy atom. The SMILES string of the molecule is CCCOc1ccc(Oc2nc(Cl)ncc2Br)cc1. The Balaban J connectivity index is 2.08. The molecule has 0 aliphatic heterocycles. The molecule has 19 heavy (non-hydrogen) atoms. The van der Waals surface area contributed by atoms with E-state index in [-0.39, 0.29) is 5.28 Å². The summed E-state index contributed by atoms with van der Waals surface area (Å²) >= 11 is 9.03. The maximum absolute atomic E-state index is 5.72. The van der Waals surface area contributed by atoms with Crippen molar-refractivity contribution >= 4 is 27.5 Å². The van der Waals surface area contributed by atoms with E-state index >= 15 is 0 Å². The highest BCUT2D eigenvalue weighted by Crippen LogP contribution is 2.28. The first-order valence-electron chi connectivity index (χ1n) is 5.78. The maximum Gasteiger partial charge on any atom is 0.237 e. The van der Waals surface area contributed by atoms with Crippen molar-refractivity contribution in [3.05, 3.63) is 40.2 Å². The number of nitrogens with zero attached hydrogens (tertiary/aromatic N) is 2. The van der Waals surface area contributed by atoms with E-state index in [1.54, 1.807) is 6.20 Å². The van der Waals surface area contributed by atoms with Crippen LogP contribution in [0.1, 0.15) is 13.3 Å². The molecule has 2 rings (SSSR count). The van der Waals surface area contributed by atoms with Crippen LogP contribution in [0.4, 0.5) is 0 Å². The van der Waals surface area contributed by atoms with Gasteiger partial charge in [0.15, 0.2) is 0 Å². The number of benzene rings is 1. The van der Waals surface area contributed by atoms with Crippen LogP contribution in [0.2, 0.25) is 5.28 Å². The van der Waals surface area contributed by atoms with Gasteiger partial charge in [-0.25, -0.2) is 4.98 Å². The van der Waals surface area contributed by atoms with Crippen molar-refractivity contribution in [1.82, 2.24) is 9.97 Å². The summed E-state index contributed by atoms with van der Waals surface area (Å²) in [6, 6.07) is 7.32. The van der Waals surface area contributed by atoms with E-state index in [1.807, 2.05) is 24.3 Å². The molecule has 100 valence electrons. The molecule has 0 amide bonds. The lowest BCUT2D eigenvalue weighted by Gasteiger charge is -2.08. The van der Waals surface area contributed by atoms with Gasteiger partial charge >= 0.3 is 0 Å². The molecule has 1 heterocycles. The van der Waals surface area contributed by atoms with Crippen LogP contribution in [0.25, 0.3) is 0 Å². The molecule has 0 saturated carbocycles. The second kappa shape index (κ2) is 6.73. The van der Waals surface area contributed by atoms with Crippen molar-refractivity contribution in [3.8, 4) is 17.4 Å². The predicted octanol–water partition coefficient (Wildman–Crippen LogP) is 4.47. The van der Waals surface area contributed by atoms with Crippen LogP contribution in [-0.4, -0.2) is 16.6 Å². The van der Waals surface area contributed by atoms with Gasteiger partial charge in [-0.05, 0) is 58.2 Å². The second-order valence-corrected chi connectivity index (χ2v) is 4.91. The largest absolute Gasteiger partial charge is 0.494 e. The standard InChI is InChI=1S/C13H12BrClN2O2/c1-2-7-18-9-3-5-10(6-4-9)19-12-11(14)8-16-13(15)17-12/h3-6,8H,2,7H2,1H3. The van der Waals surface area contributed by atoms with Crippen LogP contribution in [0.5, 0.6) is 17.4 Å². The number of halogens is 2. The van der Waals surface area contributed by atoms with Crippen molar-refractivity contribution in [1.29, 1.82) is 0 Å². The summed E-state index contributed by atoms with van der Waals surface area (Å²) in [5.74, 6) is 1.84. The molecule has 0 aliphatic carbocycles. The summed E-state index contributed by atoms with van der Waals surface area (Å²) in [7, 11) is 0. The average Bonchev–Trinajstić information content (AvgIpc) is 2.42. The number of rotatable bonds is 5. The molecule has 0 atom stereocenters. The first kappa shape index (κ1) is 14.1. The van der Waals surface area contributed by atoms with Crippen molar-refractivity contribution in [2.45, 2.75) is 13.3 Å². The Morgan fingerprint density at radius 2 is 1.89 bits per heavy atom. The van der Waals surface area contributed by atoms with Gasteiger partial charge in [0.1, 0.15) is 11.5 Å². The molecule has 1 aromatic heterocycles. The second-order valence-electron chi connectivity index (χ2n) is 3.71. The summed E-state index contributed by atoms with van der Waals surface area (Å²) in [5, 5.41) is 0.140. The van der Waals surface area contributed by atoms with Crippen molar-refractivity contribution in [2.75, 3.05) is 6.61 Å². The van der Waals surface area contributed by atoms with E-state index in [1.165, 1.54) is 0 Å². The number of aromatic nitrogens is 2.